The van der Waals surface area contributed by atoms with Gasteiger partial charge in [0, 0.05) is 23.7 Å². The predicted molar refractivity (Wildman–Crippen MR) is 121 cm³/mol. The number of β-amino-alcohol motifs (C(OH)–C–C–N with tert-alkyl or cyclic N) is 1. The molecule has 0 saturated carbocycles. The van der Waals surface area contributed by atoms with Crippen LogP contribution < -0.4 is 10.6 Å². The SMILES string of the molecule is CNC(=O)[C@H]1[C@@H]2SC3(CC2Br)C(C(=O)NCn2nnc4ccccc42)N(CCO)C(=O)[C@H]13. The Kier molecular flexibility index (Phi) is 5.41. The number of alkyl halides is 1. The van der Waals surface area contributed by atoms with Gasteiger partial charge in [-0.2, -0.15) is 0 Å². The number of aliphatic hydroxyl groups is 1. The van der Waals surface area contributed by atoms with E-state index in [1.165, 1.54) is 4.90 Å². The average molecular weight is 523 g/mol. The summed E-state index contributed by atoms with van der Waals surface area (Å²) < 4.78 is 0.867. The number of likely N-dealkylation sites (tertiary alicyclic amines) is 1. The number of aromatic nitrogens is 3. The Morgan fingerprint density at radius 1 is 1.34 bits per heavy atom. The van der Waals surface area contributed by atoms with Gasteiger partial charge in [0.2, 0.25) is 17.7 Å². The van der Waals surface area contributed by atoms with E-state index < -0.39 is 22.6 Å². The number of carbonyl (C=O) groups excluding carboxylic acids is 3. The second-order valence-electron chi connectivity index (χ2n) is 8.31. The van der Waals surface area contributed by atoms with Gasteiger partial charge in [-0.05, 0) is 18.6 Å². The first-order chi connectivity index (χ1) is 15.4. The molecule has 1 spiro atoms. The molecule has 3 aliphatic rings. The van der Waals surface area contributed by atoms with Crippen molar-refractivity contribution in [3.05, 3.63) is 24.3 Å². The molecule has 0 radical (unpaired) electrons. The van der Waals surface area contributed by atoms with E-state index in [4.69, 9.17) is 0 Å². The quantitative estimate of drug-likeness (QED) is 0.444. The molecule has 6 atom stereocenters. The van der Waals surface area contributed by atoms with Crippen LogP contribution in [0.4, 0.5) is 0 Å². The first-order valence-electron chi connectivity index (χ1n) is 10.4. The van der Waals surface area contributed by atoms with Crippen LogP contribution in [0.25, 0.3) is 11.0 Å². The van der Waals surface area contributed by atoms with Crippen LogP contribution in [-0.2, 0) is 21.1 Å². The minimum atomic E-state index is -0.786. The van der Waals surface area contributed by atoms with E-state index in [1.54, 1.807) is 23.5 Å². The number of thioether (sulfide) groups is 1. The number of nitrogens with zero attached hydrogens (tertiary/aromatic N) is 4. The van der Waals surface area contributed by atoms with E-state index >= 15 is 0 Å². The molecule has 10 nitrogen and oxygen atoms in total. The summed E-state index contributed by atoms with van der Waals surface area (Å²) in [6.45, 7) is -0.120. The molecule has 4 heterocycles. The smallest absolute Gasteiger partial charge is 0.245 e. The van der Waals surface area contributed by atoms with Crippen LogP contribution in [0.2, 0.25) is 0 Å². The van der Waals surface area contributed by atoms with Crippen molar-refractivity contribution >= 4 is 56.4 Å². The van der Waals surface area contributed by atoms with Gasteiger partial charge in [0.1, 0.15) is 18.2 Å². The Morgan fingerprint density at radius 2 is 2.12 bits per heavy atom. The summed E-state index contributed by atoms with van der Waals surface area (Å²) in [5.74, 6) is -1.87. The van der Waals surface area contributed by atoms with Gasteiger partial charge in [0.05, 0.1) is 28.7 Å². The molecule has 3 aliphatic heterocycles. The molecule has 32 heavy (non-hydrogen) atoms. The third-order valence-corrected chi connectivity index (χ3v) is 9.97. The number of halogens is 1. The van der Waals surface area contributed by atoms with Gasteiger partial charge >= 0.3 is 0 Å². The number of hydrogen-bond acceptors (Lipinski definition) is 7. The van der Waals surface area contributed by atoms with E-state index in [1.807, 2.05) is 24.3 Å². The molecule has 3 unspecified atom stereocenters. The van der Waals surface area contributed by atoms with Crippen LogP contribution in [-0.4, -0.2) is 83.8 Å². The number of nitrogens with one attached hydrogen (secondary N) is 2. The lowest BCUT2D eigenvalue weighted by molar-refractivity contribution is -0.140. The lowest BCUT2D eigenvalue weighted by Crippen LogP contribution is -2.55. The van der Waals surface area contributed by atoms with Gasteiger partial charge in [-0.3, -0.25) is 14.4 Å². The molecule has 1 aromatic carbocycles. The lowest BCUT2D eigenvalue weighted by Gasteiger charge is -2.35. The summed E-state index contributed by atoms with van der Waals surface area (Å²) in [7, 11) is 1.56. The molecule has 3 fully saturated rings. The maximum Gasteiger partial charge on any atom is 0.245 e. The Labute approximate surface area is 196 Å². The highest BCUT2D eigenvalue weighted by atomic mass is 79.9. The van der Waals surface area contributed by atoms with Crippen LogP contribution in [0, 0.1) is 11.8 Å². The Balaban J connectivity index is 1.45. The lowest BCUT2D eigenvalue weighted by atomic mass is 9.70. The van der Waals surface area contributed by atoms with Crippen molar-refractivity contribution in [2.45, 2.75) is 34.0 Å². The fraction of sp³-hybridized carbons (Fsp3) is 0.550. The predicted octanol–water partition coefficient (Wildman–Crippen LogP) is -0.292. The number of rotatable bonds is 6. The number of hydrogen-bond donors (Lipinski definition) is 3. The molecular weight excluding hydrogens is 500 g/mol. The van der Waals surface area contributed by atoms with Gasteiger partial charge in [-0.1, -0.05) is 33.3 Å². The summed E-state index contributed by atoms with van der Waals surface area (Å²) in [5, 5.41) is 23.3. The van der Waals surface area contributed by atoms with Crippen LogP contribution in [0.1, 0.15) is 6.42 Å². The fourth-order valence-electron chi connectivity index (χ4n) is 5.53. The molecular formula is C20H23BrN6O4S. The zero-order valence-electron chi connectivity index (χ0n) is 17.3. The molecule has 2 aromatic rings. The van der Waals surface area contributed by atoms with Gasteiger partial charge in [0.25, 0.3) is 0 Å². The molecule has 3 N–H and O–H groups in total. The highest BCUT2D eigenvalue weighted by Gasteiger charge is 2.75. The first kappa shape index (κ1) is 21.7. The maximum absolute atomic E-state index is 13.5. The summed E-state index contributed by atoms with van der Waals surface area (Å²) in [6, 6.07) is 6.65. The largest absolute Gasteiger partial charge is 0.395 e. The van der Waals surface area contributed by atoms with Crippen molar-refractivity contribution in [2.75, 3.05) is 20.2 Å². The van der Waals surface area contributed by atoms with E-state index in [0.29, 0.717) is 6.42 Å². The Morgan fingerprint density at radius 3 is 2.88 bits per heavy atom. The highest BCUT2D eigenvalue weighted by Crippen LogP contribution is 2.67. The number of fused-ring (bicyclic) bond motifs is 2. The summed E-state index contributed by atoms with van der Waals surface area (Å²) in [5.41, 5.74) is 1.51. The minimum absolute atomic E-state index is 0.0162. The molecule has 5 rings (SSSR count). The number of benzene rings is 1. The van der Waals surface area contributed by atoms with Gasteiger partial charge in [0.15, 0.2) is 0 Å². The minimum Gasteiger partial charge on any atom is -0.395 e. The van der Waals surface area contributed by atoms with Crippen molar-refractivity contribution in [3.8, 4) is 0 Å². The second kappa shape index (κ2) is 7.99. The Bertz CT molecular complexity index is 1100. The highest BCUT2D eigenvalue weighted by molar-refractivity contribution is 9.09. The third-order valence-electron chi connectivity index (χ3n) is 6.75. The first-order valence-corrected chi connectivity index (χ1v) is 12.2. The standard InChI is InChI=1S/C20H23BrN6O4S/c1-22-17(29)13-14-19(31)26(6-7-28)16(20(14)8-10(21)15(13)32-20)18(30)23-9-27-12-5-3-2-4-11(12)24-25-27/h2-5,10,13-16,28H,6-9H2,1H3,(H,22,29)(H,23,30)/t10?,13-,14+,15-,16?,20?/m1/s1. The molecule has 170 valence electrons. The zero-order chi connectivity index (χ0) is 22.6. The summed E-state index contributed by atoms with van der Waals surface area (Å²) >= 11 is 5.24. The third kappa shape index (κ3) is 2.99. The van der Waals surface area contributed by atoms with Gasteiger partial charge < -0.3 is 20.6 Å². The van der Waals surface area contributed by atoms with Crippen LogP contribution in [0.5, 0.6) is 0 Å². The van der Waals surface area contributed by atoms with Crippen molar-refractivity contribution in [1.82, 2.24) is 30.5 Å². The number of amides is 3. The van der Waals surface area contributed by atoms with E-state index in [0.717, 1.165) is 11.0 Å². The molecule has 1 aromatic heterocycles. The maximum atomic E-state index is 13.5. The number of carbonyl (C=O) groups is 3. The van der Waals surface area contributed by atoms with Crippen LogP contribution >= 0.6 is 27.7 Å². The monoisotopic (exact) mass is 522 g/mol. The van der Waals surface area contributed by atoms with Crippen LogP contribution in [0.3, 0.4) is 0 Å². The van der Waals surface area contributed by atoms with Crippen molar-refractivity contribution in [3.63, 3.8) is 0 Å². The Hall–Kier alpha value is -2.18. The van der Waals surface area contributed by atoms with Gasteiger partial charge in [-0.25, -0.2) is 4.68 Å². The van der Waals surface area contributed by atoms with E-state index in [2.05, 4.69) is 36.9 Å². The van der Waals surface area contributed by atoms with Crippen LogP contribution in [0.15, 0.2) is 24.3 Å². The second-order valence-corrected chi connectivity index (χ2v) is 11.0. The van der Waals surface area contributed by atoms with E-state index in [9.17, 15) is 19.5 Å². The molecule has 3 saturated heterocycles. The van der Waals surface area contributed by atoms with Crippen molar-refractivity contribution in [2.24, 2.45) is 11.8 Å². The topological polar surface area (TPSA) is 129 Å². The normalized spacial score (nSPS) is 33.0. The fourth-order valence-corrected chi connectivity index (χ4v) is 9.14. The molecule has 3 amide bonds. The average Bonchev–Trinajstić information content (AvgIpc) is 3.50. The van der Waals surface area contributed by atoms with E-state index in [-0.39, 0.29) is 47.6 Å². The van der Waals surface area contributed by atoms with Crippen molar-refractivity contribution in [1.29, 1.82) is 0 Å². The zero-order valence-corrected chi connectivity index (χ0v) is 19.7. The number of aliphatic hydroxyl groups excluding tert-OH is 1. The molecule has 12 heteroatoms. The summed E-state index contributed by atoms with van der Waals surface area (Å²) in [4.78, 5) is 41.1. The number of para-hydroxylation sites is 1. The van der Waals surface area contributed by atoms with Crippen molar-refractivity contribution < 1.29 is 19.5 Å². The molecule has 2 bridgehead atoms. The summed E-state index contributed by atoms with van der Waals surface area (Å²) in [6.07, 6.45) is 0.596. The van der Waals surface area contributed by atoms with Gasteiger partial charge in [-0.15, -0.1) is 16.9 Å². The molecule has 0 aliphatic carbocycles.